The van der Waals surface area contributed by atoms with Crippen LogP contribution in [0.2, 0.25) is 0 Å². The van der Waals surface area contributed by atoms with Crippen molar-refractivity contribution < 1.29 is 9.21 Å². The Hall–Kier alpha value is -1.29. The lowest BCUT2D eigenvalue weighted by Gasteiger charge is -2.14. The first-order chi connectivity index (χ1) is 8.65. The Morgan fingerprint density at radius 3 is 2.78 bits per heavy atom. The molecule has 1 heterocycles. The molecule has 1 saturated carbocycles. The average Bonchev–Trinajstić information content (AvgIpc) is 2.97. The van der Waals surface area contributed by atoms with E-state index in [1.54, 1.807) is 0 Å². The number of amides is 1. The minimum Gasteiger partial charge on any atom is -0.465 e. The Labute approximate surface area is 108 Å². The van der Waals surface area contributed by atoms with Crippen molar-refractivity contribution in [3.63, 3.8) is 0 Å². The van der Waals surface area contributed by atoms with Crippen LogP contribution in [0.3, 0.4) is 0 Å². The van der Waals surface area contributed by atoms with Crippen molar-refractivity contribution in [2.75, 3.05) is 6.54 Å². The molecule has 0 bridgehead atoms. The number of hydrogen-bond acceptors (Lipinski definition) is 3. The van der Waals surface area contributed by atoms with Crippen molar-refractivity contribution in [1.29, 1.82) is 0 Å². The molecule has 2 N–H and O–H groups in total. The maximum absolute atomic E-state index is 11.7. The first kappa shape index (κ1) is 13.1. The molecule has 0 radical (unpaired) electrons. The summed E-state index contributed by atoms with van der Waals surface area (Å²) in [5, 5.41) is 6.24. The molecule has 4 heteroatoms. The number of furan rings is 1. The van der Waals surface area contributed by atoms with Crippen molar-refractivity contribution in [1.82, 2.24) is 10.6 Å². The monoisotopic (exact) mass is 250 g/mol. The standard InChI is InChI=1S/C14H22N2O2/c1-10-7-8-13(18-10)11(2)15-9-14(17)16-12-5-3-4-6-12/h7-8,11-12,15H,3-6,9H2,1-2H3,(H,16,17). The summed E-state index contributed by atoms with van der Waals surface area (Å²) in [5.41, 5.74) is 0. The van der Waals surface area contributed by atoms with Crippen LogP contribution in [0.4, 0.5) is 0 Å². The summed E-state index contributed by atoms with van der Waals surface area (Å²) in [7, 11) is 0. The predicted octanol–water partition coefficient (Wildman–Crippen LogP) is 2.30. The van der Waals surface area contributed by atoms with Gasteiger partial charge in [-0.15, -0.1) is 0 Å². The van der Waals surface area contributed by atoms with Gasteiger partial charge in [-0.25, -0.2) is 0 Å². The van der Waals surface area contributed by atoms with E-state index in [9.17, 15) is 4.79 Å². The molecule has 100 valence electrons. The van der Waals surface area contributed by atoms with Crippen LogP contribution in [0.1, 0.15) is 50.2 Å². The van der Waals surface area contributed by atoms with Gasteiger partial charge in [0.05, 0.1) is 12.6 Å². The van der Waals surface area contributed by atoms with Gasteiger partial charge < -0.3 is 9.73 Å². The number of aryl methyl sites for hydroxylation is 1. The highest BCUT2D eigenvalue weighted by Gasteiger charge is 2.17. The topological polar surface area (TPSA) is 54.3 Å². The zero-order valence-corrected chi connectivity index (χ0v) is 11.2. The van der Waals surface area contributed by atoms with E-state index < -0.39 is 0 Å². The van der Waals surface area contributed by atoms with E-state index >= 15 is 0 Å². The molecule has 0 spiro atoms. The van der Waals surface area contributed by atoms with Crippen molar-refractivity contribution in [2.24, 2.45) is 0 Å². The van der Waals surface area contributed by atoms with E-state index in [1.165, 1.54) is 12.8 Å². The van der Waals surface area contributed by atoms with Crippen LogP contribution < -0.4 is 10.6 Å². The molecule has 0 aliphatic heterocycles. The minimum atomic E-state index is 0.0630. The lowest BCUT2D eigenvalue weighted by Crippen LogP contribution is -2.39. The lowest BCUT2D eigenvalue weighted by atomic mass is 10.2. The molecular formula is C14H22N2O2. The smallest absolute Gasteiger partial charge is 0.234 e. The molecular weight excluding hydrogens is 228 g/mol. The van der Waals surface area contributed by atoms with Crippen molar-refractivity contribution in [2.45, 2.75) is 51.6 Å². The number of nitrogens with one attached hydrogen (secondary N) is 2. The molecule has 1 aromatic heterocycles. The van der Waals surface area contributed by atoms with E-state index in [0.29, 0.717) is 12.6 Å². The fourth-order valence-corrected chi connectivity index (χ4v) is 2.38. The number of carbonyl (C=O) groups excluding carboxylic acids is 1. The van der Waals surface area contributed by atoms with Gasteiger partial charge in [0.1, 0.15) is 11.5 Å². The number of carbonyl (C=O) groups is 1. The van der Waals surface area contributed by atoms with Crippen molar-refractivity contribution >= 4 is 5.91 Å². The highest BCUT2D eigenvalue weighted by atomic mass is 16.3. The molecule has 1 aromatic rings. The van der Waals surface area contributed by atoms with Crippen molar-refractivity contribution in [3.8, 4) is 0 Å². The molecule has 0 aromatic carbocycles. The van der Waals surface area contributed by atoms with Gasteiger partial charge in [0.2, 0.25) is 5.91 Å². The third-order valence-corrected chi connectivity index (χ3v) is 3.48. The molecule has 4 nitrogen and oxygen atoms in total. The van der Waals surface area contributed by atoms with Crippen LogP contribution in [0.15, 0.2) is 16.5 Å². The first-order valence-corrected chi connectivity index (χ1v) is 6.74. The lowest BCUT2D eigenvalue weighted by molar-refractivity contribution is -0.121. The van der Waals surface area contributed by atoms with Crippen LogP contribution >= 0.6 is 0 Å². The van der Waals surface area contributed by atoms with Gasteiger partial charge in [-0.3, -0.25) is 10.1 Å². The predicted molar refractivity (Wildman–Crippen MR) is 70.3 cm³/mol. The second-order valence-corrected chi connectivity index (χ2v) is 5.10. The quantitative estimate of drug-likeness (QED) is 0.843. The number of hydrogen-bond donors (Lipinski definition) is 2. The molecule has 1 fully saturated rings. The third kappa shape index (κ3) is 3.60. The molecule has 1 amide bonds. The fraction of sp³-hybridized carbons (Fsp3) is 0.643. The van der Waals surface area contributed by atoms with E-state index in [1.807, 2.05) is 26.0 Å². The SMILES string of the molecule is Cc1ccc(C(C)NCC(=O)NC2CCCC2)o1. The van der Waals surface area contributed by atoms with Gasteiger partial charge in [-0.05, 0) is 38.8 Å². The summed E-state index contributed by atoms with van der Waals surface area (Å²) in [6.45, 7) is 4.27. The molecule has 18 heavy (non-hydrogen) atoms. The van der Waals surface area contributed by atoms with E-state index in [4.69, 9.17) is 4.42 Å². The van der Waals surface area contributed by atoms with E-state index in [2.05, 4.69) is 10.6 Å². The number of rotatable bonds is 5. The van der Waals surface area contributed by atoms with Gasteiger partial charge >= 0.3 is 0 Å². The van der Waals surface area contributed by atoms with Gasteiger partial charge in [-0.1, -0.05) is 12.8 Å². The fourth-order valence-electron chi connectivity index (χ4n) is 2.38. The second-order valence-electron chi connectivity index (χ2n) is 5.10. The molecule has 1 aliphatic rings. The molecule has 1 aliphatic carbocycles. The normalized spacial score (nSPS) is 17.9. The Kier molecular flexibility index (Phi) is 4.42. The Bertz CT molecular complexity index is 394. The van der Waals surface area contributed by atoms with E-state index in [0.717, 1.165) is 24.4 Å². The van der Waals surface area contributed by atoms with Crippen LogP contribution in [0.25, 0.3) is 0 Å². The largest absolute Gasteiger partial charge is 0.465 e. The van der Waals surface area contributed by atoms with Crippen LogP contribution in [0.5, 0.6) is 0 Å². The van der Waals surface area contributed by atoms with Crippen molar-refractivity contribution in [3.05, 3.63) is 23.7 Å². The van der Waals surface area contributed by atoms with Gasteiger partial charge in [0.15, 0.2) is 0 Å². The summed E-state index contributed by atoms with van der Waals surface area (Å²) >= 11 is 0. The summed E-state index contributed by atoms with van der Waals surface area (Å²) in [6, 6.07) is 4.34. The second kappa shape index (κ2) is 6.05. The summed E-state index contributed by atoms with van der Waals surface area (Å²) in [5.74, 6) is 1.85. The van der Waals surface area contributed by atoms with Gasteiger partial charge in [-0.2, -0.15) is 0 Å². The third-order valence-electron chi connectivity index (χ3n) is 3.48. The Morgan fingerprint density at radius 2 is 2.17 bits per heavy atom. The Morgan fingerprint density at radius 1 is 1.44 bits per heavy atom. The highest BCUT2D eigenvalue weighted by Crippen LogP contribution is 2.17. The van der Waals surface area contributed by atoms with Crippen LogP contribution in [0, 0.1) is 6.92 Å². The first-order valence-electron chi connectivity index (χ1n) is 6.74. The van der Waals surface area contributed by atoms with E-state index in [-0.39, 0.29) is 11.9 Å². The maximum Gasteiger partial charge on any atom is 0.234 e. The molecule has 1 atom stereocenters. The van der Waals surface area contributed by atoms with Gasteiger partial charge in [0.25, 0.3) is 0 Å². The Balaban J connectivity index is 1.71. The zero-order chi connectivity index (χ0) is 13.0. The van der Waals surface area contributed by atoms with Crippen LogP contribution in [-0.4, -0.2) is 18.5 Å². The van der Waals surface area contributed by atoms with Crippen LogP contribution in [-0.2, 0) is 4.79 Å². The zero-order valence-electron chi connectivity index (χ0n) is 11.2. The highest BCUT2D eigenvalue weighted by molar-refractivity contribution is 5.78. The van der Waals surface area contributed by atoms with Gasteiger partial charge in [0, 0.05) is 6.04 Å². The average molecular weight is 250 g/mol. The summed E-state index contributed by atoms with van der Waals surface area (Å²) in [6.07, 6.45) is 4.72. The minimum absolute atomic E-state index is 0.0630. The molecule has 2 rings (SSSR count). The molecule has 0 saturated heterocycles. The maximum atomic E-state index is 11.7. The summed E-state index contributed by atoms with van der Waals surface area (Å²) in [4.78, 5) is 11.7. The summed E-state index contributed by atoms with van der Waals surface area (Å²) < 4.78 is 5.52. The molecule has 1 unspecified atom stereocenters.